The minimum Gasteiger partial charge on any atom is -0.0633 e. The van der Waals surface area contributed by atoms with Crippen LogP contribution in [-0.2, 0) is 0 Å². The van der Waals surface area contributed by atoms with E-state index in [1.54, 1.807) is 0 Å². The molecule has 145 heavy (non-hydrogen) atoms. The average Bonchev–Trinajstić information content (AvgIpc) is 0.725. The molecule has 0 atom stereocenters. The summed E-state index contributed by atoms with van der Waals surface area (Å²) in [4.78, 5) is 0. The molecule has 678 valence electrons. The molecule has 0 amide bonds. The number of benzene rings is 28. The van der Waals surface area contributed by atoms with Gasteiger partial charge in [0.1, 0.15) is 0 Å². The fraction of sp³-hybridized carbons (Fsp3) is 0. The Morgan fingerprint density at radius 1 is 0.0897 bits per heavy atom. The molecule has 0 spiro atoms. The van der Waals surface area contributed by atoms with Gasteiger partial charge in [0.05, 0.1) is 28.6 Å². The van der Waals surface area contributed by atoms with E-state index in [4.69, 9.17) is 0 Å². The first-order valence-electron chi connectivity index (χ1n) is 50.6. The number of fused-ring (bicyclic) bond motifs is 14. The molecule has 0 saturated heterocycles. The van der Waals surface area contributed by atoms with Crippen molar-refractivity contribution in [2.75, 3.05) is 0 Å². The highest BCUT2D eigenvalue weighted by Gasteiger charge is 2.25. The molecular weight excluding hydrogens is 1790 g/mol. The summed E-state index contributed by atoms with van der Waals surface area (Å²) in [6, 6.07) is 207. The molecule has 0 unspecified atom stereocenters. The fourth-order valence-corrected chi connectivity index (χ4v) is 27.8. The van der Waals surface area contributed by atoms with Crippen LogP contribution < -0.4 is 31.1 Å². The fourth-order valence-electron chi connectivity index (χ4n) is 23.3. The maximum Gasteiger partial charge on any atom is 0.0875 e. The average molecular weight is 1890 g/mol. The molecule has 3 heteroatoms. The van der Waals surface area contributed by atoms with Crippen LogP contribution in [0.4, 0.5) is 0 Å². The predicted molar refractivity (Wildman–Crippen MR) is 639 cm³/mol. The molecule has 0 radical (unpaired) electrons. The quantitative estimate of drug-likeness (QED) is 0.0545. The summed E-state index contributed by atoms with van der Waals surface area (Å²) < 4.78 is 0. The lowest BCUT2D eigenvalue weighted by molar-refractivity contribution is 1.63. The van der Waals surface area contributed by atoms with Crippen LogP contribution in [-0.4, -0.2) is 28.6 Å². The minimum atomic E-state index is -0.668. The largest absolute Gasteiger partial charge is 0.0875 e. The number of hydrogen-bond donors (Lipinski definition) is 0. The Hall–Kier alpha value is -17.8. The Balaban J connectivity index is 0.000000111. The van der Waals surface area contributed by atoms with Gasteiger partial charge in [0.2, 0.25) is 0 Å². The highest BCUT2D eigenvalue weighted by molar-refractivity contribution is 6.69. The zero-order chi connectivity index (χ0) is 96.0. The SMILES string of the molecule is c1ccc([SiH2]c2ccc3c(-c4cc5ccccc5c5ccccc45)c4ccccc4c(-c4ccc(-c5cccc6ccccc56)cc4)c3c2)cc1.c1ccc([SiH2]c2ccc3c(-c4ccc5ccccc5c4)c4ccccc4c(-c4ccc(-c5cccc6ccccc56)cc4)c3c2)cc1.c1ccc([SiH2]c2ccc3c(-c4cccc5ccccc45)c4ccccc4c(-c4ccc(-c5cccc6ccccc56)cc4)c3c2)cc1. The lowest BCUT2D eigenvalue weighted by Gasteiger charge is -2.20. The van der Waals surface area contributed by atoms with E-state index in [-0.39, 0.29) is 0 Å². The van der Waals surface area contributed by atoms with Gasteiger partial charge < -0.3 is 0 Å². The first kappa shape index (κ1) is 87.4. The second-order valence-corrected chi connectivity index (χ2v) is 44.6. The van der Waals surface area contributed by atoms with E-state index >= 15 is 0 Å². The molecular formula is C142H98Si3. The summed E-state index contributed by atoms with van der Waals surface area (Å²) in [5.41, 5.74) is 23.0. The van der Waals surface area contributed by atoms with Crippen molar-refractivity contribution in [3.63, 3.8) is 0 Å². The third-order valence-electron chi connectivity index (χ3n) is 30.0. The van der Waals surface area contributed by atoms with E-state index in [0.717, 1.165) is 0 Å². The molecule has 28 rings (SSSR count). The summed E-state index contributed by atoms with van der Waals surface area (Å²) in [6.07, 6.45) is 0. The summed E-state index contributed by atoms with van der Waals surface area (Å²) in [6.45, 7) is 0. The van der Waals surface area contributed by atoms with E-state index < -0.39 is 28.6 Å². The summed E-state index contributed by atoms with van der Waals surface area (Å²) in [7, 11) is -1.94. The molecule has 0 N–H and O–H groups in total. The third-order valence-corrected chi connectivity index (χ3v) is 35.2. The van der Waals surface area contributed by atoms with Crippen molar-refractivity contribution in [2.45, 2.75) is 0 Å². The van der Waals surface area contributed by atoms with Gasteiger partial charge in [-0.1, -0.05) is 577 Å². The third kappa shape index (κ3) is 16.6. The highest BCUT2D eigenvalue weighted by atomic mass is 28.2. The molecule has 0 fully saturated rings. The zero-order valence-corrected chi connectivity index (χ0v) is 84.5. The monoisotopic (exact) mass is 1890 g/mol. The molecule has 0 aromatic heterocycles. The second kappa shape index (κ2) is 38.3. The van der Waals surface area contributed by atoms with Crippen LogP contribution in [0.25, 0.3) is 240 Å². The van der Waals surface area contributed by atoms with Crippen LogP contribution in [0.15, 0.2) is 558 Å². The Bertz CT molecular complexity index is 9860. The van der Waals surface area contributed by atoms with Gasteiger partial charge in [0.15, 0.2) is 0 Å². The van der Waals surface area contributed by atoms with Crippen LogP contribution in [0, 0.1) is 0 Å². The Morgan fingerprint density at radius 3 is 0.703 bits per heavy atom. The van der Waals surface area contributed by atoms with Crippen molar-refractivity contribution in [1.82, 2.24) is 0 Å². The Morgan fingerprint density at radius 2 is 0.331 bits per heavy atom. The molecule has 0 saturated carbocycles. The van der Waals surface area contributed by atoms with E-state index in [1.165, 1.54) is 271 Å². The summed E-state index contributed by atoms with van der Waals surface area (Å²) in [5, 5.41) is 42.2. The maximum atomic E-state index is 2.52. The van der Waals surface area contributed by atoms with Gasteiger partial charge in [0.25, 0.3) is 0 Å². The van der Waals surface area contributed by atoms with E-state index in [1.807, 2.05) is 0 Å². The van der Waals surface area contributed by atoms with Crippen LogP contribution in [0.5, 0.6) is 0 Å². The molecule has 0 aliphatic carbocycles. The highest BCUT2D eigenvalue weighted by Crippen LogP contribution is 2.51. The molecule has 0 bridgehead atoms. The number of hydrogen-bond acceptors (Lipinski definition) is 0. The van der Waals surface area contributed by atoms with Crippen LogP contribution in [0.3, 0.4) is 0 Å². The van der Waals surface area contributed by atoms with E-state index in [0.29, 0.717) is 0 Å². The van der Waals surface area contributed by atoms with Gasteiger partial charge in [-0.2, -0.15) is 0 Å². The van der Waals surface area contributed by atoms with Gasteiger partial charge in [0, 0.05) is 0 Å². The van der Waals surface area contributed by atoms with Gasteiger partial charge >= 0.3 is 0 Å². The Kier molecular flexibility index (Phi) is 23.1. The summed E-state index contributed by atoms with van der Waals surface area (Å²) >= 11 is 0. The molecule has 0 heterocycles. The number of rotatable bonds is 15. The molecule has 0 aliphatic heterocycles. The lowest BCUT2D eigenvalue weighted by atomic mass is 9.83. The van der Waals surface area contributed by atoms with Crippen molar-refractivity contribution in [3.8, 4) is 100 Å². The first-order chi connectivity index (χ1) is 71.9. The standard InChI is InChI=1S/C50H34Si.2C46H32Si/c1-2-16-37(17-3-1)51-38-29-30-46-48(32-38)49(35-27-25-34(26-28-35)40-24-12-15-33-13-4-6-18-39(33)40)44-22-10-11-23-45(44)50(46)47-31-36-14-5-7-19-41(36)42-20-8-9-21-43(42)47;1-2-16-35(17-3-1)47-36-28-29-43-44(30-36)45(34-26-24-33(25-27-34)38-22-10-14-31-12-4-6-18-37(31)38)41-20-8-9-21-42(41)46(43)40-23-11-15-32-13-5-7-19-39(32)40;1-2-15-37(16-3-1)47-38-27-28-43-44(30-38)45(34-24-22-33(23-25-34)40-20-10-14-32-12-6-7-17-39(32)40)41-18-8-9-19-42(41)46(43)36-26-21-31-11-4-5-13-35(31)29-36/h1-32H,51H2;2*1-30H,47H2. The van der Waals surface area contributed by atoms with Gasteiger partial charge in [-0.15, -0.1) is 0 Å². The first-order valence-corrected chi connectivity index (χ1v) is 54.8. The van der Waals surface area contributed by atoms with Crippen LogP contribution in [0.1, 0.15) is 0 Å². The zero-order valence-electron chi connectivity index (χ0n) is 80.2. The normalized spacial score (nSPS) is 11.8. The van der Waals surface area contributed by atoms with E-state index in [2.05, 4.69) is 558 Å². The molecule has 0 aliphatic rings. The molecule has 28 aromatic rings. The van der Waals surface area contributed by atoms with Gasteiger partial charge in [-0.3, -0.25) is 0 Å². The van der Waals surface area contributed by atoms with Gasteiger partial charge in [-0.05, 0) is 252 Å². The van der Waals surface area contributed by atoms with Crippen molar-refractivity contribution < 1.29 is 0 Å². The minimum absolute atomic E-state index is 0.634. The topological polar surface area (TPSA) is 0 Å². The van der Waals surface area contributed by atoms with Crippen LogP contribution >= 0.6 is 0 Å². The van der Waals surface area contributed by atoms with Crippen molar-refractivity contribution in [3.05, 3.63) is 558 Å². The Labute approximate surface area is 851 Å². The van der Waals surface area contributed by atoms with Crippen molar-refractivity contribution >= 4 is 200 Å². The summed E-state index contributed by atoms with van der Waals surface area (Å²) in [5.74, 6) is 0. The second-order valence-electron chi connectivity index (χ2n) is 38.6. The van der Waals surface area contributed by atoms with Gasteiger partial charge in [-0.25, -0.2) is 0 Å². The smallest absolute Gasteiger partial charge is 0.0633 e. The van der Waals surface area contributed by atoms with Crippen molar-refractivity contribution in [1.29, 1.82) is 0 Å². The predicted octanol–water partition coefficient (Wildman–Crippen LogP) is 32.4. The molecule has 0 nitrogen and oxygen atoms in total. The lowest BCUT2D eigenvalue weighted by Crippen LogP contribution is -2.26. The maximum absolute atomic E-state index is 2.52. The molecule has 28 aromatic carbocycles. The van der Waals surface area contributed by atoms with Crippen molar-refractivity contribution in [2.24, 2.45) is 0 Å². The van der Waals surface area contributed by atoms with E-state index in [9.17, 15) is 0 Å². The van der Waals surface area contributed by atoms with Crippen LogP contribution in [0.2, 0.25) is 0 Å².